The zero-order valence-electron chi connectivity index (χ0n) is 12.7. The fraction of sp³-hybridized carbons (Fsp3) is 0.647. The van der Waals surface area contributed by atoms with Gasteiger partial charge in [-0.15, -0.1) is 0 Å². The van der Waals surface area contributed by atoms with Gasteiger partial charge in [-0.25, -0.2) is 0 Å². The molecule has 1 aliphatic rings. The van der Waals surface area contributed by atoms with Crippen molar-refractivity contribution in [3.63, 3.8) is 0 Å². The molecule has 0 bridgehead atoms. The van der Waals surface area contributed by atoms with Crippen LogP contribution in [-0.4, -0.2) is 30.6 Å². The fourth-order valence-corrected chi connectivity index (χ4v) is 2.60. The Morgan fingerprint density at radius 2 is 2.00 bits per heavy atom. The summed E-state index contributed by atoms with van der Waals surface area (Å²) in [7, 11) is 0. The second-order valence-corrected chi connectivity index (χ2v) is 5.79. The van der Waals surface area contributed by atoms with Crippen LogP contribution in [0.4, 0.5) is 0 Å². The Morgan fingerprint density at radius 1 is 1.26 bits per heavy atom. The predicted octanol–water partition coefficient (Wildman–Crippen LogP) is 3.38. The summed E-state index contributed by atoms with van der Waals surface area (Å²) in [5.74, 6) is 0.855. The average Bonchev–Trinajstić information content (AvgIpc) is 3.27. The smallest absolute Gasteiger partial charge is 0.0208 e. The number of benzene rings is 1. The van der Waals surface area contributed by atoms with Gasteiger partial charge in [-0.05, 0) is 49.9 Å². The van der Waals surface area contributed by atoms with Gasteiger partial charge in [0.25, 0.3) is 0 Å². The minimum absolute atomic E-state index is 0.546. The maximum absolute atomic E-state index is 3.64. The molecule has 0 aromatic heterocycles. The van der Waals surface area contributed by atoms with Crippen LogP contribution in [0.15, 0.2) is 24.3 Å². The van der Waals surface area contributed by atoms with Gasteiger partial charge in [0.05, 0.1) is 0 Å². The van der Waals surface area contributed by atoms with E-state index in [4.69, 9.17) is 0 Å². The molecule has 1 saturated carbocycles. The Hall–Kier alpha value is -0.860. The molecule has 0 amide bonds. The van der Waals surface area contributed by atoms with Crippen LogP contribution in [0.2, 0.25) is 0 Å². The topological polar surface area (TPSA) is 15.3 Å². The van der Waals surface area contributed by atoms with E-state index in [2.05, 4.69) is 55.3 Å². The number of hydrogen-bond donors (Lipinski definition) is 1. The molecule has 0 aliphatic heterocycles. The molecular formula is C17H28N2. The molecule has 1 fully saturated rings. The molecule has 0 saturated heterocycles. The summed E-state index contributed by atoms with van der Waals surface area (Å²) < 4.78 is 0. The standard InChI is InChI=1S/C17H28N2/c1-4-19(5-2)13-14(3)18-12-15-7-6-8-17(11-15)16-9-10-16/h6-8,11,14,16,18H,4-5,9-10,12-13H2,1-3H3. The molecule has 1 N–H and O–H groups in total. The lowest BCUT2D eigenvalue weighted by Crippen LogP contribution is -2.38. The zero-order valence-corrected chi connectivity index (χ0v) is 12.7. The van der Waals surface area contributed by atoms with Crippen molar-refractivity contribution in [2.75, 3.05) is 19.6 Å². The van der Waals surface area contributed by atoms with Gasteiger partial charge in [0, 0.05) is 19.1 Å². The van der Waals surface area contributed by atoms with Crippen molar-refractivity contribution in [3.8, 4) is 0 Å². The first-order valence-corrected chi connectivity index (χ1v) is 7.77. The summed E-state index contributed by atoms with van der Waals surface area (Å²) in [4.78, 5) is 2.47. The maximum atomic E-state index is 3.64. The van der Waals surface area contributed by atoms with Gasteiger partial charge in [0.2, 0.25) is 0 Å². The number of nitrogens with zero attached hydrogens (tertiary/aromatic N) is 1. The molecule has 0 heterocycles. The van der Waals surface area contributed by atoms with Crippen LogP contribution in [0.3, 0.4) is 0 Å². The third-order valence-electron chi connectivity index (χ3n) is 4.08. The first kappa shape index (κ1) is 14.5. The molecule has 1 atom stereocenters. The largest absolute Gasteiger partial charge is 0.309 e. The third-order valence-corrected chi connectivity index (χ3v) is 4.08. The molecule has 19 heavy (non-hydrogen) atoms. The van der Waals surface area contributed by atoms with E-state index in [1.165, 1.54) is 24.0 Å². The van der Waals surface area contributed by atoms with E-state index in [-0.39, 0.29) is 0 Å². The molecule has 2 nitrogen and oxygen atoms in total. The van der Waals surface area contributed by atoms with Crippen molar-refractivity contribution in [2.24, 2.45) is 0 Å². The summed E-state index contributed by atoms with van der Waals surface area (Å²) >= 11 is 0. The zero-order chi connectivity index (χ0) is 13.7. The predicted molar refractivity (Wildman–Crippen MR) is 82.5 cm³/mol. The van der Waals surface area contributed by atoms with Crippen LogP contribution in [0, 0.1) is 0 Å². The minimum atomic E-state index is 0.546. The molecule has 1 unspecified atom stereocenters. The van der Waals surface area contributed by atoms with Crippen molar-refractivity contribution in [3.05, 3.63) is 35.4 Å². The summed E-state index contributed by atoms with van der Waals surface area (Å²) in [5, 5.41) is 3.64. The van der Waals surface area contributed by atoms with E-state index < -0.39 is 0 Å². The van der Waals surface area contributed by atoms with E-state index in [1.54, 1.807) is 0 Å². The Bertz CT molecular complexity index is 381. The monoisotopic (exact) mass is 260 g/mol. The van der Waals surface area contributed by atoms with Gasteiger partial charge >= 0.3 is 0 Å². The van der Waals surface area contributed by atoms with Crippen molar-refractivity contribution < 1.29 is 0 Å². The van der Waals surface area contributed by atoms with Gasteiger partial charge in [-0.1, -0.05) is 38.1 Å². The maximum Gasteiger partial charge on any atom is 0.0208 e. The van der Waals surface area contributed by atoms with Crippen LogP contribution in [0.5, 0.6) is 0 Å². The summed E-state index contributed by atoms with van der Waals surface area (Å²) in [6.45, 7) is 11.1. The lowest BCUT2D eigenvalue weighted by atomic mass is 10.1. The van der Waals surface area contributed by atoms with Crippen LogP contribution < -0.4 is 5.32 Å². The molecule has 0 spiro atoms. The highest BCUT2D eigenvalue weighted by Crippen LogP contribution is 2.40. The molecule has 2 rings (SSSR count). The molecule has 1 aliphatic carbocycles. The lowest BCUT2D eigenvalue weighted by molar-refractivity contribution is 0.270. The first-order valence-electron chi connectivity index (χ1n) is 7.77. The number of rotatable bonds is 8. The van der Waals surface area contributed by atoms with E-state index in [0.29, 0.717) is 6.04 Å². The SMILES string of the molecule is CCN(CC)CC(C)NCc1cccc(C2CC2)c1. The van der Waals surface area contributed by atoms with Gasteiger partial charge in [0.15, 0.2) is 0 Å². The van der Waals surface area contributed by atoms with Gasteiger partial charge in [-0.3, -0.25) is 0 Å². The Morgan fingerprint density at radius 3 is 2.63 bits per heavy atom. The molecule has 106 valence electrons. The summed E-state index contributed by atoms with van der Waals surface area (Å²) in [5.41, 5.74) is 2.96. The Labute approximate surface area is 118 Å². The minimum Gasteiger partial charge on any atom is -0.309 e. The van der Waals surface area contributed by atoms with Crippen molar-refractivity contribution in [2.45, 2.75) is 52.1 Å². The van der Waals surface area contributed by atoms with E-state index in [1.807, 2.05) is 0 Å². The average molecular weight is 260 g/mol. The second kappa shape index (κ2) is 7.06. The number of nitrogens with one attached hydrogen (secondary N) is 1. The Balaban J connectivity index is 1.79. The van der Waals surface area contributed by atoms with E-state index in [9.17, 15) is 0 Å². The van der Waals surface area contributed by atoms with Gasteiger partial charge < -0.3 is 10.2 Å². The summed E-state index contributed by atoms with van der Waals surface area (Å²) in [6, 6.07) is 9.65. The highest BCUT2D eigenvalue weighted by molar-refractivity contribution is 5.29. The normalized spacial score (nSPS) is 16.8. The lowest BCUT2D eigenvalue weighted by Gasteiger charge is -2.23. The summed E-state index contributed by atoms with van der Waals surface area (Å²) in [6.07, 6.45) is 2.77. The molecule has 0 radical (unpaired) electrons. The highest BCUT2D eigenvalue weighted by Gasteiger charge is 2.23. The molecule has 1 aromatic rings. The third kappa shape index (κ3) is 4.63. The number of likely N-dealkylation sites (N-methyl/N-ethyl adjacent to an activating group) is 1. The molecule has 2 heteroatoms. The van der Waals surface area contributed by atoms with E-state index in [0.717, 1.165) is 32.1 Å². The van der Waals surface area contributed by atoms with Crippen molar-refractivity contribution in [1.82, 2.24) is 10.2 Å². The van der Waals surface area contributed by atoms with Crippen molar-refractivity contribution >= 4 is 0 Å². The number of hydrogen-bond acceptors (Lipinski definition) is 2. The Kier molecular flexibility index (Phi) is 5.41. The van der Waals surface area contributed by atoms with Crippen LogP contribution in [-0.2, 0) is 6.54 Å². The first-order chi connectivity index (χ1) is 9.22. The van der Waals surface area contributed by atoms with Crippen LogP contribution in [0.1, 0.15) is 50.7 Å². The molecular weight excluding hydrogens is 232 g/mol. The van der Waals surface area contributed by atoms with Gasteiger partial charge in [-0.2, -0.15) is 0 Å². The van der Waals surface area contributed by atoms with Crippen molar-refractivity contribution in [1.29, 1.82) is 0 Å². The quantitative estimate of drug-likeness (QED) is 0.771. The van der Waals surface area contributed by atoms with Crippen LogP contribution >= 0.6 is 0 Å². The van der Waals surface area contributed by atoms with E-state index >= 15 is 0 Å². The molecule has 1 aromatic carbocycles. The van der Waals surface area contributed by atoms with Gasteiger partial charge in [0.1, 0.15) is 0 Å². The second-order valence-electron chi connectivity index (χ2n) is 5.79. The fourth-order valence-electron chi connectivity index (χ4n) is 2.60. The highest BCUT2D eigenvalue weighted by atomic mass is 15.1. The van der Waals surface area contributed by atoms with Crippen LogP contribution in [0.25, 0.3) is 0 Å².